The minimum Gasteiger partial charge on any atom is -0.321 e. The van der Waals surface area contributed by atoms with Gasteiger partial charge in [-0.1, -0.05) is 11.6 Å². The third-order valence-electron chi connectivity index (χ3n) is 5.83. The Bertz CT molecular complexity index is 1270. The molecule has 1 aromatic carbocycles. The molecule has 0 atom stereocenters. The van der Waals surface area contributed by atoms with Crippen molar-refractivity contribution in [2.45, 2.75) is 31.8 Å². The van der Waals surface area contributed by atoms with Crippen molar-refractivity contribution in [1.82, 2.24) is 14.5 Å². The summed E-state index contributed by atoms with van der Waals surface area (Å²) in [5.74, 6) is 0.763. The molecule has 2 aromatic heterocycles. The van der Waals surface area contributed by atoms with E-state index in [0.717, 1.165) is 16.8 Å². The third kappa shape index (κ3) is 2.77. The second-order valence-electron chi connectivity index (χ2n) is 8.17. The number of carbonyl (C=O) groups excluding carboxylic acids is 1. The number of carbonyl (C=O) groups is 1. The molecule has 0 spiro atoms. The predicted octanol–water partition coefficient (Wildman–Crippen LogP) is 2.88. The van der Waals surface area contributed by atoms with Crippen molar-refractivity contribution in [2.24, 2.45) is 0 Å². The van der Waals surface area contributed by atoms with Gasteiger partial charge in [-0.3, -0.25) is 9.78 Å². The van der Waals surface area contributed by atoms with Gasteiger partial charge >= 0.3 is 0 Å². The van der Waals surface area contributed by atoms with Crippen molar-refractivity contribution < 1.29 is 13.2 Å². The Balaban J connectivity index is 1.62. The van der Waals surface area contributed by atoms with Crippen molar-refractivity contribution in [2.75, 3.05) is 16.4 Å². The van der Waals surface area contributed by atoms with E-state index in [1.54, 1.807) is 29.4 Å². The minimum absolute atomic E-state index is 0.0293. The second-order valence-corrected chi connectivity index (χ2v) is 10.8. The Morgan fingerprint density at radius 2 is 2.00 bits per heavy atom. The van der Waals surface area contributed by atoms with E-state index in [-0.39, 0.29) is 30.0 Å². The molecule has 29 heavy (non-hydrogen) atoms. The lowest BCUT2D eigenvalue weighted by Gasteiger charge is -2.30. The average Bonchev–Trinajstić information content (AvgIpc) is 3.08. The van der Waals surface area contributed by atoms with Crippen LogP contribution in [-0.4, -0.2) is 40.4 Å². The molecule has 5 rings (SSSR count). The Hall–Kier alpha value is -2.45. The Morgan fingerprint density at radius 1 is 1.24 bits per heavy atom. The van der Waals surface area contributed by atoms with Crippen LogP contribution in [0.2, 0.25) is 5.02 Å². The number of rotatable bonds is 3. The third-order valence-corrected chi connectivity index (χ3v) is 7.85. The summed E-state index contributed by atoms with van der Waals surface area (Å²) in [5, 5.41) is 0.558. The Morgan fingerprint density at radius 3 is 2.72 bits per heavy atom. The number of aromatic nitrogens is 3. The molecule has 0 unspecified atom stereocenters. The highest BCUT2D eigenvalue weighted by Gasteiger charge is 2.45. The number of benzene rings is 1. The van der Waals surface area contributed by atoms with Gasteiger partial charge in [0.2, 0.25) is 5.91 Å². The van der Waals surface area contributed by atoms with Crippen molar-refractivity contribution in [1.29, 1.82) is 0 Å². The first-order chi connectivity index (χ1) is 13.7. The van der Waals surface area contributed by atoms with Gasteiger partial charge in [-0.25, -0.2) is 13.4 Å². The van der Waals surface area contributed by atoms with Crippen LogP contribution < -0.4 is 4.90 Å². The summed E-state index contributed by atoms with van der Waals surface area (Å²) in [4.78, 5) is 23.8. The van der Waals surface area contributed by atoms with Crippen LogP contribution in [0.15, 0.2) is 36.7 Å². The number of hydrogen-bond donors (Lipinski definition) is 0. The summed E-state index contributed by atoms with van der Waals surface area (Å²) in [7, 11) is -3.02. The number of fused-ring (bicyclic) bond motifs is 2. The van der Waals surface area contributed by atoms with Gasteiger partial charge in [-0.15, -0.1) is 0 Å². The van der Waals surface area contributed by atoms with Gasteiger partial charge < -0.3 is 9.47 Å². The molecule has 0 bridgehead atoms. The van der Waals surface area contributed by atoms with E-state index in [4.69, 9.17) is 16.6 Å². The van der Waals surface area contributed by atoms with Crippen LogP contribution in [0.4, 0.5) is 5.69 Å². The predicted molar refractivity (Wildman–Crippen MR) is 111 cm³/mol. The number of hydrogen-bond acceptors (Lipinski definition) is 5. The van der Waals surface area contributed by atoms with Crippen LogP contribution in [0.5, 0.6) is 0 Å². The first-order valence-corrected chi connectivity index (χ1v) is 11.5. The molecule has 4 heterocycles. The van der Waals surface area contributed by atoms with Gasteiger partial charge in [-0.2, -0.15) is 0 Å². The zero-order valence-corrected chi connectivity index (χ0v) is 17.5. The van der Waals surface area contributed by atoms with E-state index in [2.05, 4.69) is 4.98 Å². The fourth-order valence-corrected chi connectivity index (χ4v) is 5.86. The molecule has 3 aromatic rings. The van der Waals surface area contributed by atoms with E-state index in [9.17, 15) is 13.2 Å². The molecule has 7 nitrogen and oxygen atoms in total. The summed E-state index contributed by atoms with van der Waals surface area (Å²) < 4.78 is 25.6. The summed E-state index contributed by atoms with van der Waals surface area (Å²) in [6.07, 6.45) is 3.38. The van der Waals surface area contributed by atoms with E-state index in [0.29, 0.717) is 16.4 Å². The van der Waals surface area contributed by atoms with Crippen LogP contribution in [0.25, 0.3) is 11.0 Å². The number of amides is 1. The highest BCUT2D eigenvalue weighted by Crippen LogP contribution is 2.42. The van der Waals surface area contributed by atoms with Crippen LogP contribution in [-0.2, 0) is 26.6 Å². The van der Waals surface area contributed by atoms with Crippen LogP contribution in [0.3, 0.4) is 0 Å². The highest BCUT2D eigenvalue weighted by molar-refractivity contribution is 7.92. The highest BCUT2D eigenvalue weighted by atomic mass is 35.5. The molecule has 0 aliphatic carbocycles. The number of pyridine rings is 1. The average molecular weight is 431 g/mol. The van der Waals surface area contributed by atoms with Crippen molar-refractivity contribution in [3.05, 3.63) is 53.1 Å². The fraction of sp³-hybridized carbons (Fsp3) is 0.350. The monoisotopic (exact) mass is 430 g/mol. The molecule has 0 N–H and O–H groups in total. The van der Waals surface area contributed by atoms with Gasteiger partial charge in [-0.05, 0) is 43.7 Å². The molecule has 2 aliphatic heterocycles. The maximum Gasteiger partial charge on any atom is 0.237 e. The number of anilines is 1. The molecular weight excluding hydrogens is 412 g/mol. The number of imidazole rings is 1. The topological polar surface area (TPSA) is 85.2 Å². The largest absolute Gasteiger partial charge is 0.321 e. The SMILES string of the molecule is CC1(C)C(=O)N(Cc2nc3cc(Cl)ccc3n2C2CS(=O)(=O)C2)c2cnccc21. The summed E-state index contributed by atoms with van der Waals surface area (Å²) in [6, 6.07) is 7.05. The molecule has 0 saturated carbocycles. The van der Waals surface area contributed by atoms with E-state index in [1.165, 1.54) is 0 Å². The molecule has 9 heteroatoms. The Labute approximate surface area is 173 Å². The maximum atomic E-state index is 13.2. The van der Waals surface area contributed by atoms with Gasteiger partial charge in [0, 0.05) is 11.2 Å². The first-order valence-electron chi connectivity index (χ1n) is 9.31. The van der Waals surface area contributed by atoms with Crippen LogP contribution >= 0.6 is 11.6 Å². The normalized spacial score (nSPS) is 20.1. The lowest BCUT2D eigenvalue weighted by Crippen LogP contribution is -2.40. The standard InChI is InChI=1S/C20H19ClN4O3S/c1-20(2)14-5-6-22-8-17(14)24(19(20)26)9-18-23-15-7-12(21)3-4-16(15)25(18)13-10-29(27,28)11-13/h3-8,13H,9-11H2,1-2H3. The van der Waals surface area contributed by atoms with Gasteiger partial charge in [0.25, 0.3) is 0 Å². The first kappa shape index (κ1) is 18.6. The lowest BCUT2D eigenvalue weighted by atomic mass is 9.87. The minimum atomic E-state index is -3.02. The van der Waals surface area contributed by atoms with E-state index < -0.39 is 15.3 Å². The maximum absolute atomic E-state index is 13.2. The van der Waals surface area contributed by atoms with Gasteiger partial charge in [0.15, 0.2) is 9.84 Å². The molecule has 1 amide bonds. The van der Waals surface area contributed by atoms with Crippen LogP contribution in [0.1, 0.15) is 31.3 Å². The zero-order chi connectivity index (χ0) is 20.6. The van der Waals surface area contributed by atoms with Crippen molar-refractivity contribution in [3.8, 4) is 0 Å². The number of sulfone groups is 1. The zero-order valence-electron chi connectivity index (χ0n) is 16.0. The lowest BCUT2D eigenvalue weighted by molar-refractivity contribution is -0.122. The number of halogens is 1. The van der Waals surface area contributed by atoms with Gasteiger partial charge in [0.1, 0.15) is 5.82 Å². The van der Waals surface area contributed by atoms with E-state index in [1.807, 2.05) is 30.5 Å². The molecule has 1 fully saturated rings. The Kier molecular flexibility index (Phi) is 3.86. The summed E-state index contributed by atoms with van der Waals surface area (Å²) in [6.45, 7) is 4.04. The molecule has 1 saturated heterocycles. The quantitative estimate of drug-likeness (QED) is 0.637. The van der Waals surface area contributed by atoms with E-state index >= 15 is 0 Å². The molecular formula is C20H19ClN4O3S. The molecule has 0 radical (unpaired) electrons. The van der Waals surface area contributed by atoms with Crippen molar-refractivity contribution >= 4 is 44.1 Å². The summed E-state index contributed by atoms with van der Waals surface area (Å²) >= 11 is 6.13. The second kappa shape index (κ2) is 6.03. The fourth-order valence-electron chi connectivity index (χ4n) is 4.32. The van der Waals surface area contributed by atoms with Crippen LogP contribution in [0, 0.1) is 0 Å². The summed E-state index contributed by atoms with van der Waals surface area (Å²) in [5.41, 5.74) is 2.55. The number of nitrogens with zero attached hydrogens (tertiary/aromatic N) is 4. The van der Waals surface area contributed by atoms with Gasteiger partial charge in [0.05, 0.1) is 52.4 Å². The van der Waals surface area contributed by atoms with Crippen molar-refractivity contribution in [3.63, 3.8) is 0 Å². The molecule has 2 aliphatic rings. The molecule has 150 valence electrons. The smallest absolute Gasteiger partial charge is 0.237 e.